The minimum Gasteiger partial charge on any atom is -0.492 e. The van der Waals surface area contributed by atoms with Crippen molar-refractivity contribution in [3.05, 3.63) is 53.7 Å². The molecule has 0 amide bonds. The van der Waals surface area contributed by atoms with Crippen molar-refractivity contribution < 1.29 is 4.74 Å². The Hall–Kier alpha value is -2.72. The Labute approximate surface area is 241 Å². The van der Waals surface area contributed by atoms with Crippen molar-refractivity contribution in [2.75, 3.05) is 55.4 Å². The van der Waals surface area contributed by atoms with Crippen LogP contribution < -0.4 is 25.0 Å². The number of rotatable bonds is 10. The molecule has 10 heteroatoms. The molecule has 39 heavy (non-hydrogen) atoms. The lowest BCUT2D eigenvalue weighted by Gasteiger charge is -2.41. The van der Waals surface area contributed by atoms with Gasteiger partial charge in [0.25, 0.3) is 0 Å². The highest BCUT2D eigenvalue weighted by Gasteiger charge is 2.26. The van der Waals surface area contributed by atoms with Crippen LogP contribution in [0.15, 0.2) is 53.6 Å². The van der Waals surface area contributed by atoms with Crippen LogP contribution in [0.25, 0.3) is 0 Å². The second-order valence-corrected chi connectivity index (χ2v) is 11.3. The highest BCUT2D eigenvalue weighted by atomic mass is 35.5. The van der Waals surface area contributed by atoms with Gasteiger partial charge >= 0.3 is 0 Å². The van der Waals surface area contributed by atoms with Gasteiger partial charge in [-0.25, -0.2) is 4.98 Å². The first-order valence-electron chi connectivity index (χ1n) is 13.9. The summed E-state index contributed by atoms with van der Waals surface area (Å²) in [5.41, 5.74) is 2.93. The Morgan fingerprint density at radius 1 is 1.00 bits per heavy atom. The molecular weight excluding hydrogens is 530 g/mol. The zero-order valence-electron chi connectivity index (χ0n) is 22.8. The Balaban J connectivity index is 1.29. The van der Waals surface area contributed by atoms with Crippen LogP contribution in [-0.2, 0) is 0 Å². The maximum Gasteiger partial charge on any atom is 0.229 e. The highest BCUT2D eigenvalue weighted by molar-refractivity contribution is 7.97. The number of para-hydroxylation sites is 1. The summed E-state index contributed by atoms with van der Waals surface area (Å²) in [6, 6.07) is 15.1. The number of nitrogens with zero attached hydrogens (tertiary/aromatic N) is 4. The summed E-state index contributed by atoms with van der Waals surface area (Å²) >= 11 is 7.98. The number of benzene rings is 2. The molecule has 2 aliphatic rings. The molecular formula is C29H38ClN7OS. The smallest absolute Gasteiger partial charge is 0.229 e. The van der Waals surface area contributed by atoms with Gasteiger partial charge in [-0.1, -0.05) is 30.2 Å². The van der Waals surface area contributed by atoms with Gasteiger partial charge < -0.3 is 25.2 Å². The van der Waals surface area contributed by atoms with Gasteiger partial charge in [-0.05, 0) is 89.0 Å². The molecule has 0 unspecified atom stereocenters. The Kier molecular flexibility index (Phi) is 9.68. The Morgan fingerprint density at radius 3 is 2.56 bits per heavy atom. The van der Waals surface area contributed by atoms with Crippen molar-refractivity contribution in [1.82, 2.24) is 19.6 Å². The van der Waals surface area contributed by atoms with Gasteiger partial charge in [-0.15, -0.1) is 0 Å². The van der Waals surface area contributed by atoms with Crippen molar-refractivity contribution in [2.24, 2.45) is 0 Å². The molecule has 1 aromatic heterocycles. The molecule has 5 rings (SSSR count). The van der Waals surface area contributed by atoms with E-state index in [2.05, 4.69) is 53.3 Å². The van der Waals surface area contributed by atoms with E-state index in [1.165, 1.54) is 62.8 Å². The topological polar surface area (TPSA) is 77.6 Å². The van der Waals surface area contributed by atoms with E-state index < -0.39 is 0 Å². The molecule has 3 N–H and O–H groups in total. The molecule has 2 fully saturated rings. The van der Waals surface area contributed by atoms with Gasteiger partial charge in [0, 0.05) is 35.8 Å². The van der Waals surface area contributed by atoms with Gasteiger partial charge in [0.2, 0.25) is 5.95 Å². The van der Waals surface area contributed by atoms with E-state index in [0.717, 1.165) is 41.2 Å². The number of anilines is 5. The third-order valence-electron chi connectivity index (χ3n) is 7.34. The van der Waals surface area contributed by atoms with Crippen LogP contribution in [0.4, 0.5) is 28.8 Å². The molecule has 3 heterocycles. The summed E-state index contributed by atoms with van der Waals surface area (Å²) in [6.07, 6.45) is 8.13. The van der Waals surface area contributed by atoms with Crippen molar-refractivity contribution >= 4 is 52.4 Å². The van der Waals surface area contributed by atoms with Gasteiger partial charge in [0.05, 0.1) is 24.2 Å². The summed E-state index contributed by atoms with van der Waals surface area (Å²) in [4.78, 5) is 15.3. The van der Waals surface area contributed by atoms with Gasteiger partial charge in [0.15, 0.2) is 5.82 Å². The average Bonchev–Trinajstić information content (AvgIpc) is 2.97. The number of hydrogen-bond donors (Lipinski definition) is 3. The van der Waals surface area contributed by atoms with Crippen LogP contribution in [0, 0.1) is 0 Å². The number of nitrogens with one attached hydrogen (secondary N) is 3. The second-order valence-electron chi connectivity index (χ2n) is 9.87. The van der Waals surface area contributed by atoms with Crippen LogP contribution in [0.2, 0.25) is 5.02 Å². The van der Waals surface area contributed by atoms with Gasteiger partial charge in [0.1, 0.15) is 10.8 Å². The summed E-state index contributed by atoms with van der Waals surface area (Å²) in [5.74, 6) is 1.76. The number of aromatic nitrogens is 2. The van der Waals surface area contributed by atoms with E-state index in [1.807, 2.05) is 38.2 Å². The standard InChI is InChI=1S/C29H38ClN7OS/c1-3-38-26-19-22(37-17-13-21(14-18-37)36-15-7-4-8-16-36)11-12-24(26)34-29-32-20-23(30)28(35-29)33-25-9-5-6-10-27(25)39-31-2/h5-6,9-12,19-21,31H,3-4,7-8,13-18H2,1-2H3,(H2,32,33,34,35). The Bertz CT molecular complexity index is 1230. The number of halogens is 1. The highest BCUT2D eigenvalue weighted by Crippen LogP contribution is 2.35. The monoisotopic (exact) mass is 567 g/mol. The number of likely N-dealkylation sites (tertiary alicyclic amines) is 1. The normalized spacial score (nSPS) is 16.7. The van der Waals surface area contributed by atoms with Crippen molar-refractivity contribution in [3.8, 4) is 5.75 Å². The van der Waals surface area contributed by atoms with Crippen molar-refractivity contribution in [3.63, 3.8) is 0 Å². The predicted molar refractivity (Wildman–Crippen MR) is 163 cm³/mol. The number of hydrogen-bond acceptors (Lipinski definition) is 9. The molecule has 2 aliphatic heterocycles. The zero-order chi connectivity index (χ0) is 27.0. The quantitative estimate of drug-likeness (QED) is 0.232. The molecule has 0 spiro atoms. The number of piperidine rings is 2. The fraction of sp³-hybridized carbons (Fsp3) is 0.448. The fourth-order valence-electron chi connectivity index (χ4n) is 5.39. The molecule has 0 bridgehead atoms. The molecule has 8 nitrogen and oxygen atoms in total. The van der Waals surface area contributed by atoms with E-state index >= 15 is 0 Å². The lowest BCUT2D eigenvalue weighted by atomic mass is 9.99. The molecule has 2 aromatic carbocycles. The van der Waals surface area contributed by atoms with E-state index in [4.69, 9.17) is 16.3 Å². The molecule has 3 aromatic rings. The summed E-state index contributed by atoms with van der Waals surface area (Å²) in [6.45, 7) is 7.26. The fourth-order valence-corrected chi connectivity index (χ4v) is 6.12. The van der Waals surface area contributed by atoms with Gasteiger partial charge in [-0.3, -0.25) is 4.72 Å². The first-order valence-corrected chi connectivity index (χ1v) is 15.1. The van der Waals surface area contributed by atoms with Crippen LogP contribution >= 0.6 is 23.5 Å². The van der Waals surface area contributed by atoms with Crippen molar-refractivity contribution in [2.45, 2.75) is 50.0 Å². The molecule has 0 saturated carbocycles. The molecule has 0 aliphatic carbocycles. The lowest BCUT2D eigenvalue weighted by molar-refractivity contribution is 0.141. The first kappa shape index (κ1) is 27.8. The summed E-state index contributed by atoms with van der Waals surface area (Å²) in [5, 5.41) is 7.13. The molecule has 0 atom stereocenters. The minimum absolute atomic E-state index is 0.441. The average molecular weight is 568 g/mol. The third-order valence-corrected chi connectivity index (χ3v) is 8.40. The summed E-state index contributed by atoms with van der Waals surface area (Å²) in [7, 11) is 1.89. The molecule has 0 radical (unpaired) electrons. The van der Waals surface area contributed by atoms with Crippen LogP contribution in [0.3, 0.4) is 0 Å². The lowest BCUT2D eigenvalue weighted by Crippen LogP contribution is -2.46. The van der Waals surface area contributed by atoms with Crippen LogP contribution in [0.1, 0.15) is 39.0 Å². The minimum atomic E-state index is 0.441. The maximum absolute atomic E-state index is 6.46. The van der Waals surface area contributed by atoms with Gasteiger partial charge in [-0.2, -0.15) is 4.98 Å². The van der Waals surface area contributed by atoms with Crippen LogP contribution in [0.5, 0.6) is 5.75 Å². The maximum atomic E-state index is 6.46. The predicted octanol–water partition coefficient (Wildman–Crippen LogP) is 6.70. The molecule has 208 valence electrons. The number of ether oxygens (including phenoxy) is 1. The van der Waals surface area contributed by atoms with E-state index in [0.29, 0.717) is 23.4 Å². The van der Waals surface area contributed by atoms with E-state index in [-0.39, 0.29) is 0 Å². The second kappa shape index (κ2) is 13.6. The molecule has 2 saturated heterocycles. The third kappa shape index (κ3) is 7.08. The largest absolute Gasteiger partial charge is 0.492 e. The SMILES string of the molecule is CCOc1cc(N2CCC(N3CCCCC3)CC2)ccc1Nc1ncc(Cl)c(Nc2ccccc2SNC)n1. The van der Waals surface area contributed by atoms with E-state index in [1.54, 1.807) is 6.20 Å². The first-order chi connectivity index (χ1) is 19.1. The summed E-state index contributed by atoms with van der Waals surface area (Å²) < 4.78 is 9.16. The van der Waals surface area contributed by atoms with Crippen LogP contribution in [-0.4, -0.2) is 60.7 Å². The van der Waals surface area contributed by atoms with E-state index in [9.17, 15) is 0 Å². The Morgan fingerprint density at radius 2 is 1.79 bits per heavy atom. The zero-order valence-corrected chi connectivity index (χ0v) is 24.3. The van der Waals surface area contributed by atoms with Crippen molar-refractivity contribution in [1.29, 1.82) is 0 Å².